The van der Waals surface area contributed by atoms with E-state index in [1.54, 1.807) is 6.07 Å². The van der Waals surface area contributed by atoms with E-state index in [2.05, 4.69) is 15.5 Å². The molecule has 2 N–H and O–H groups in total. The topological polar surface area (TPSA) is 84.1 Å². The molecule has 0 atom stereocenters. The van der Waals surface area contributed by atoms with Crippen LogP contribution in [0.25, 0.3) is 0 Å². The van der Waals surface area contributed by atoms with Crippen LogP contribution in [0.3, 0.4) is 0 Å². The van der Waals surface area contributed by atoms with E-state index in [0.717, 1.165) is 36.2 Å². The molecule has 0 saturated carbocycles. The second-order valence-corrected chi connectivity index (χ2v) is 5.16. The van der Waals surface area contributed by atoms with Crippen LogP contribution < -0.4 is 5.32 Å². The Hall–Kier alpha value is -2.63. The lowest BCUT2D eigenvalue weighted by molar-refractivity contribution is -0.119. The second kappa shape index (κ2) is 8.12. The van der Waals surface area contributed by atoms with Gasteiger partial charge in [0.15, 0.2) is 12.3 Å². The number of nitrogens with zero attached hydrogens (tertiary/aromatic N) is 1. The van der Waals surface area contributed by atoms with Crippen LogP contribution in [0.1, 0.15) is 42.0 Å². The molecule has 23 heavy (non-hydrogen) atoms. The van der Waals surface area contributed by atoms with E-state index in [1.165, 1.54) is 0 Å². The lowest BCUT2D eigenvalue weighted by atomic mass is 10.1. The fourth-order valence-corrected chi connectivity index (χ4v) is 2.21. The molecule has 0 unspecified atom stereocenters. The van der Waals surface area contributed by atoms with Crippen molar-refractivity contribution in [1.29, 1.82) is 0 Å². The highest BCUT2D eigenvalue weighted by Crippen LogP contribution is 2.15. The van der Waals surface area contributed by atoms with Crippen molar-refractivity contribution >= 4 is 17.6 Å². The summed E-state index contributed by atoms with van der Waals surface area (Å²) in [6.45, 7) is 3.71. The molecule has 1 aromatic carbocycles. The first-order valence-corrected chi connectivity index (χ1v) is 7.73. The van der Waals surface area contributed by atoms with E-state index in [4.69, 9.17) is 4.74 Å². The predicted octanol–water partition coefficient (Wildman–Crippen LogP) is 2.72. The lowest BCUT2D eigenvalue weighted by Crippen LogP contribution is -2.21. The zero-order chi connectivity index (χ0) is 16.7. The van der Waals surface area contributed by atoms with Crippen LogP contribution in [0.5, 0.6) is 0 Å². The van der Waals surface area contributed by atoms with E-state index in [-0.39, 0.29) is 18.2 Å². The highest BCUT2D eigenvalue weighted by Gasteiger charge is 2.14. The Labute approximate surface area is 135 Å². The fraction of sp³-hybridized carbons (Fsp3) is 0.353. The van der Waals surface area contributed by atoms with Crippen LogP contribution in [-0.4, -0.2) is 28.7 Å². The minimum Gasteiger partial charge on any atom is -0.451 e. The summed E-state index contributed by atoms with van der Waals surface area (Å²) < 4.78 is 4.99. The first-order valence-electron chi connectivity index (χ1n) is 7.73. The number of amides is 1. The van der Waals surface area contributed by atoms with E-state index in [9.17, 15) is 9.59 Å². The van der Waals surface area contributed by atoms with Crippen molar-refractivity contribution < 1.29 is 14.3 Å². The molecule has 0 radical (unpaired) electrons. The molecular formula is C17H21N3O3. The number of aromatic amines is 1. The maximum Gasteiger partial charge on any atom is 0.359 e. The highest BCUT2D eigenvalue weighted by atomic mass is 16.5. The molecule has 6 heteroatoms. The third-order valence-corrected chi connectivity index (χ3v) is 3.37. The van der Waals surface area contributed by atoms with Gasteiger partial charge in [-0.05, 0) is 30.5 Å². The van der Waals surface area contributed by atoms with Crippen LogP contribution in [-0.2, 0) is 22.4 Å². The van der Waals surface area contributed by atoms with Crippen molar-refractivity contribution in [3.63, 3.8) is 0 Å². The number of carbonyl (C=O) groups is 2. The largest absolute Gasteiger partial charge is 0.451 e. The quantitative estimate of drug-likeness (QED) is 0.769. The number of benzene rings is 1. The van der Waals surface area contributed by atoms with E-state index in [0.29, 0.717) is 0 Å². The molecule has 122 valence electrons. The van der Waals surface area contributed by atoms with Gasteiger partial charge in [0, 0.05) is 11.4 Å². The molecule has 6 nitrogen and oxygen atoms in total. The number of hydrogen-bond donors (Lipinski definition) is 2. The number of esters is 1. The van der Waals surface area contributed by atoms with Gasteiger partial charge in [0.1, 0.15) is 0 Å². The molecule has 0 aliphatic carbocycles. The summed E-state index contributed by atoms with van der Waals surface area (Å²) in [5.41, 5.74) is 2.83. The first-order chi connectivity index (χ1) is 11.1. The third kappa shape index (κ3) is 4.67. The van der Waals surface area contributed by atoms with Gasteiger partial charge in [-0.3, -0.25) is 9.89 Å². The fourth-order valence-electron chi connectivity index (χ4n) is 2.21. The molecule has 1 aromatic heterocycles. The van der Waals surface area contributed by atoms with Crippen molar-refractivity contribution in [2.45, 2.75) is 33.1 Å². The van der Waals surface area contributed by atoms with Crippen molar-refractivity contribution in [1.82, 2.24) is 10.2 Å². The van der Waals surface area contributed by atoms with Crippen LogP contribution in [0.2, 0.25) is 0 Å². The zero-order valence-electron chi connectivity index (χ0n) is 13.4. The number of aryl methyl sites for hydroxylation is 2. The summed E-state index contributed by atoms with van der Waals surface area (Å²) in [5.74, 6) is -0.980. The Morgan fingerprint density at radius 1 is 1.26 bits per heavy atom. The van der Waals surface area contributed by atoms with Crippen molar-refractivity contribution in [2.24, 2.45) is 0 Å². The number of nitrogens with one attached hydrogen (secondary N) is 2. The highest BCUT2D eigenvalue weighted by molar-refractivity contribution is 5.95. The SMILES string of the molecule is CCCc1cc(C(=O)OCC(=O)Nc2ccccc2CC)n[nH]1. The minimum atomic E-state index is -0.609. The summed E-state index contributed by atoms with van der Waals surface area (Å²) in [5, 5.41) is 9.42. The van der Waals surface area contributed by atoms with Gasteiger partial charge >= 0.3 is 5.97 Å². The van der Waals surface area contributed by atoms with Gasteiger partial charge in [-0.2, -0.15) is 5.10 Å². The Morgan fingerprint density at radius 3 is 2.78 bits per heavy atom. The monoisotopic (exact) mass is 315 g/mol. The van der Waals surface area contributed by atoms with Crippen LogP contribution >= 0.6 is 0 Å². The number of hydrogen-bond acceptors (Lipinski definition) is 4. The van der Waals surface area contributed by atoms with Crippen LogP contribution in [0.4, 0.5) is 5.69 Å². The molecule has 1 amide bonds. The van der Waals surface area contributed by atoms with E-state index in [1.807, 2.05) is 38.1 Å². The summed E-state index contributed by atoms with van der Waals surface area (Å²) in [6.07, 6.45) is 2.58. The molecule has 0 spiro atoms. The molecule has 1 heterocycles. The summed E-state index contributed by atoms with van der Waals surface area (Å²) in [6, 6.07) is 9.18. The number of aromatic nitrogens is 2. The number of anilines is 1. The van der Waals surface area contributed by atoms with Crippen molar-refractivity contribution in [2.75, 3.05) is 11.9 Å². The minimum absolute atomic E-state index is 0.190. The standard InChI is InChI=1S/C17H21N3O3/c1-3-7-13-10-15(20-19-13)17(22)23-11-16(21)18-14-9-6-5-8-12(14)4-2/h5-6,8-10H,3-4,7,11H2,1-2H3,(H,18,21)(H,19,20). The predicted molar refractivity (Wildman–Crippen MR) is 87.3 cm³/mol. The third-order valence-electron chi connectivity index (χ3n) is 3.37. The van der Waals surface area contributed by atoms with Crippen LogP contribution in [0, 0.1) is 0 Å². The molecule has 2 aromatic rings. The van der Waals surface area contributed by atoms with Gasteiger partial charge in [-0.1, -0.05) is 38.5 Å². The maximum atomic E-state index is 11.9. The van der Waals surface area contributed by atoms with Crippen molar-refractivity contribution in [3.05, 3.63) is 47.3 Å². The normalized spacial score (nSPS) is 10.3. The van der Waals surface area contributed by atoms with Gasteiger partial charge in [0.2, 0.25) is 0 Å². The number of rotatable bonds is 7. The molecule has 0 fully saturated rings. The number of ether oxygens (including phenoxy) is 1. The van der Waals surface area contributed by atoms with E-state index >= 15 is 0 Å². The number of H-pyrrole nitrogens is 1. The van der Waals surface area contributed by atoms with Gasteiger partial charge in [-0.25, -0.2) is 4.79 Å². The Morgan fingerprint density at radius 2 is 2.04 bits per heavy atom. The van der Waals surface area contributed by atoms with Crippen molar-refractivity contribution in [3.8, 4) is 0 Å². The average molecular weight is 315 g/mol. The summed E-state index contributed by atoms with van der Waals surface area (Å²) in [7, 11) is 0. The molecule has 0 bridgehead atoms. The number of para-hydroxylation sites is 1. The van der Waals surface area contributed by atoms with Gasteiger partial charge < -0.3 is 10.1 Å². The lowest BCUT2D eigenvalue weighted by Gasteiger charge is -2.09. The molecule has 2 rings (SSSR count). The Balaban J connectivity index is 1.87. The molecule has 0 aliphatic heterocycles. The summed E-state index contributed by atoms with van der Waals surface area (Å²) >= 11 is 0. The molecular weight excluding hydrogens is 294 g/mol. The van der Waals surface area contributed by atoms with Gasteiger partial charge in [0.05, 0.1) is 0 Å². The zero-order valence-corrected chi connectivity index (χ0v) is 13.4. The second-order valence-electron chi connectivity index (χ2n) is 5.16. The molecule has 0 aliphatic rings. The van der Waals surface area contributed by atoms with E-state index < -0.39 is 5.97 Å². The van der Waals surface area contributed by atoms with Gasteiger partial charge in [0.25, 0.3) is 5.91 Å². The Kier molecular flexibility index (Phi) is 5.91. The Bertz CT molecular complexity index is 679. The average Bonchev–Trinajstić information content (AvgIpc) is 3.02. The summed E-state index contributed by atoms with van der Waals surface area (Å²) in [4.78, 5) is 23.8. The first kappa shape index (κ1) is 16.7. The van der Waals surface area contributed by atoms with Gasteiger partial charge in [-0.15, -0.1) is 0 Å². The smallest absolute Gasteiger partial charge is 0.359 e. The number of carbonyl (C=O) groups excluding carboxylic acids is 2. The molecule has 0 saturated heterocycles. The maximum absolute atomic E-state index is 11.9. The van der Waals surface area contributed by atoms with Crippen LogP contribution in [0.15, 0.2) is 30.3 Å².